The van der Waals surface area contributed by atoms with Crippen LogP contribution in [0.5, 0.6) is 11.5 Å². The fraction of sp³-hybridized carbons (Fsp3) is 0.143. The van der Waals surface area contributed by atoms with E-state index in [0.717, 1.165) is 16.0 Å². The number of aryl methyl sites for hydroxylation is 2. The van der Waals surface area contributed by atoms with E-state index in [4.69, 9.17) is 21.1 Å². The second-order valence-corrected chi connectivity index (χ2v) is 8.86. The van der Waals surface area contributed by atoms with Crippen molar-refractivity contribution < 1.29 is 28.7 Å². The van der Waals surface area contributed by atoms with Crippen LogP contribution in [0, 0.1) is 13.8 Å². The van der Waals surface area contributed by atoms with E-state index in [1.54, 1.807) is 60.7 Å². The van der Waals surface area contributed by atoms with Crippen LogP contribution in [0.1, 0.15) is 16.7 Å². The van der Waals surface area contributed by atoms with Gasteiger partial charge < -0.3 is 14.8 Å². The normalized spacial score (nSPS) is 14.4. The van der Waals surface area contributed by atoms with Crippen molar-refractivity contribution in [2.45, 2.75) is 13.8 Å². The summed E-state index contributed by atoms with van der Waals surface area (Å²) in [6, 6.07) is 15.8. The zero-order valence-electron chi connectivity index (χ0n) is 20.8. The topological polar surface area (TPSA) is 114 Å². The summed E-state index contributed by atoms with van der Waals surface area (Å²) in [6.45, 7) is 3.47. The second-order valence-electron chi connectivity index (χ2n) is 8.45. The summed E-state index contributed by atoms with van der Waals surface area (Å²) in [6.07, 6.45) is 1.36. The third-order valence-corrected chi connectivity index (χ3v) is 6.19. The van der Waals surface area contributed by atoms with Crippen molar-refractivity contribution in [1.82, 2.24) is 5.32 Å². The molecule has 0 unspecified atom stereocenters. The Hall–Kier alpha value is -4.63. The van der Waals surface area contributed by atoms with Crippen molar-refractivity contribution in [3.05, 3.63) is 87.9 Å². The zero-order chi connectivity index (χ0) is 27.4. The number of benzene rings is 3. The van der Waals surface area contributed by atoms with Gasteiger partial charge in [-0.3, -0.25) is 19.7 Å². The number of ether oxygens (including phenoxy) is 2. The molecular weight excluding hydrogens is 510 g/mol. The summed E-state index contributed by atoms with van der Waals surface area (Å²) in [5.74, 6) is -1.44. The van der Waals surface area contributed by atoms with Gasteiger partial charge in [-0.05, 0) is 73.0 Å². The number of rotatable bonds is 7. The number of hydrogen-bond acceptors (Lipinski definition) is 6. The highest BCUT2D eigenvalue weighted by Gasteiger charge is 2.37. The molecule has 0 spiro atoms. The Morgan fingerprint density at radius 3 is 2.47 bits per heavy atom. The van der Waals surface area contributed by atoms with E-state index in [-0.39, 0.29) is 23.7 Å². The lowest BCUT2D eigenvalue weighted by Crippen LogP contribution is -2.54. The molecule has 2 N–H and O–H groups in total. The third kappa shape index (κ3) is 5.68. The van der Waals surface area contributed by atoms with Gasteiger partial charge in [0.25, 0.3) is 17.7 Å². The quantitative estimate of drug-likeness (QED) is 0.337. The van der Waals surface area contributed by atoms with Crippen molar-refractivity contribution in [2.75, 3.05) is 23.9 Å². The lowest BCUT2D eigenvalue weighted by molar-refractivity contribution is -0.122. The molecule has 0 aromatic heterocycles. The van der Waals surface area contributed by atoms with Gasteiger partial charge in [-0.2, -0.15) is 0 Å². The molecule has 0 saturated carbocycles. The van der Waals surface area contributed by atoms with Gasteiger partial charge in [0.15, 0.2) is 18.1 Å². The SMILES string of the molecule is COc1cc(/C=C2/C(=O)NC(=O)N(c3ccc(C)c(C)c3)C2=O)ccc1OCC(=O)Nc1ccccc1Cl. The fourth-order valence-corrected chi connectivity index (χ4v) is 3.89. The van der Waals surface area contributed by atoms with E-state index >= 15 is 0 Å². The van der Waals surface area contributed by atoms with Crippen molar-refractivity contribution in [1.29, 1.82) is 0 Å². The molecule has 1 heterocycles. The molecule has 1 fully saturated rings. The lowest BCUT2D eigenvalue weighted by atomic mass is 10.0. The fourth-order valence-electron chi connectivity index (χ4n) is 3.71. The Morgan fingerprint density at radius 1 is 1.00 bits per heavy atom. The Balaban J connectivity index is 1.53. The molecule has 0 bridgehead atoms. The third-order valence-electron chi connectivity index (χ3n) is 5.86. The van der Waals surface area contributed by atoms with Crippen molar-refractivity contribution in [3.8, 4) is 11.5 Å². The van der Waals surface area contributed by atoms with Gasteiger partial charge in [0, 0.05) is 0 Å². The highest BCUT2D eigenvalue weighted by Crippen LogP contribution is 2.30. The number of methoxy groups -OCH3 is 1. The summed E-state index contributed by atoms with van der Waals surface area (Å²) >= 11 is 6.06. The number of carbonyl (C=O) groups is 4. The molecule has 1 aliphatic rings. The van der Waals surface area contributed by atoms with Gasteiger partial charge in [-0.25, -0.2) is 9.69 Å². The van der Waals surface area contributed by atoms with Crippen LogP contribution in [0.2, 0.25) is 5.02 Å². The number of carbonyl (C=O) groups excluding carboxylic acids is 4. The summed E-state index contributed by atoms with van der Waals surface area (Å²) in [5.41, 5.74) is 2.93. The number of amides is 5. The number of hydrogen-bond donors (Lipinski definition) is 2. The van der Waals surface area contributed by atoms with Crippen LogP contribution in [-0.2, 0) is 14.4 Å². The van der Waals surface area contributed by atoms with Crippen LogP contribution in [0.25, 0.3) is 6.08 Å². The minimum atomic E-state index is -0.822. The van der Waals surface area contributed by atoms with Crippen molar-refractivity contribution >= 4 is 52.8 Å². The number of para-hydroxylation sites is 1. The first kappa shape index (κ1) is 26.4. The summed E-state index contributed by atoms with van der Waals surface area (Å²) in [7, 11) is 1.42. The Kier molecular flexibility index (Phi) is 7.78. The van der Waals surface area contributed by atoms with Crippen LogP contribution in [0.15, 0.2) is 66.2 Å². The summed E-state index contributed by atoms with van der Waals surface area (Å²) < 4.78 is 11.0. The van der Waals surface area contributed by atoms with Gasteiger partial charge in [0.05, 0.1) is 23.5 Å². The molecule has 5 amide bonds. The minimum Gasteiger partial charge on any atom is -0.493 e. The molecule has 1 saturated heterocycles. The smallest absolute Gasteiger partial charge is 0.335 e. The van der Waals surface area contributed by atoms with E-state index in [1.807, 2.05) is 13.8 Å². The zero-order valence-corrected chi connectivity index (χ0v) is 21.6. The summed E-state index contributed by atoms with van der Waals surface area (Å²) in [4.78, 5) is 51.4. The van der Waals surface area contributed by atoms with Crippen LogP contribution in [0.4, 0.5) is 16.2 Å². The van der Waals surface area contributed by atoms with Gasteiger partial charge >= 0.3 is 6.03 Å². The number of imide groups is 2. The monoisotopic (exact) mass is 533 g/mol. The first-order valence-electron chi connectivity index (χ1n) is 11.5. The van der Waals surface area contributed by atoms with Gasteiger partial charge in [0.2, 0.25) is 0 Å². The number of nitrogens with one attached hydrogen (secondary N) is 2. The van der Waals surface area contributed by atoms with Gasteiger partial charge in [-0.1, -0.05) is 35.9 Å². The molecule has 38 heavy (non-hydrogen) atoms. The Bertz CT molecular complexity index is 1480. The molecule has 3 aromatic carbocycles. The molecule has 0 aliphatic carbocycles. The average molecular weight is 534 g/mol. The first-order valence-corrected chi connectivity index (χ1v) is 11.9. The Morgan fingerprint density at radius 2 is 1.76 bits per heavy atom. The lowest BCUT2D eigenvalue weighted by Gasteiger charge is -2.26. The predicted molar refractivity (Wildman–Crippen MR) is 143 cm³/mol. The molecule has 194 valence electrons. The van der Waals surface area contributed by atoms with Crippen molar-refractivity contribution in [2.24, 2.45) is 0 Å². The molecule has 4 rings (SSSR count). The molecular formula is C28H24ClN3O6. The molecule has 1 aliphatic heterocycles. The first-order chi connectivity index (χ1) is 18.2. The maximum Gasteiger partial charge on any atom is 0.335 e. The number of urea groups is 1. The number of halogens is 1. The molecule has 0 atom stereocenters. The van der Waals surface area contributed by atoms with Crippen LogP contribution in [-0.4, -0.2) is 37.5 Å². The van der Waals surface area contributed by atoms with E-state index in [0.29, 0.717) is 22.0 Å². The number of barbiturate groups is 1. The summed E-state index contributed by atoms with van der Waals surface area (Å²) in [5, 5.41) is 5.27. The maximum absolute atomic E-state index is 13.2. The van der Waals surface area contributed by atoms with Crippen molar-refractivity contribution in [3.63, 3.8) is 0 Å². The van der Waals surface area contributed by atoms with E-state index in [1.165, 1.54) is 13.2 Å². The number of nitrogens with zero attached hydrogens (tertiary/aromatic N) is 1. The highest BCUT2D eigenvalue weighted by molar-refractivity contribution is 6.39. The predicted octanol–water partition coefficient (Wildman–Crippen LogP) is 4.65. The largest absolute Gasteiger partial charge is 0.493 e. The second kappa shape index (κ2) is 11.2. The van der Waals surface area contributed by atoms with E-state index in [2.05, 4.69) is 10.6 Å². The number of anilines is 2. The maximum atomic E-state index is 13.2. The molecule has 3 aromatic rings. The van der Waals surface area contributed by atoms with Crippen LogP contribution < -0.4 is 25.0 Å². The molecule has 9 nitrogen and oxygen atoms in total. The molecule has 10 heteroatoms. The van der Waals surface area contributed by atoms with Crippen LogP contribution >= 0.6 is 11.6 Å². The van der Waals surface area contributed by atoms with Crippen LogP contribution in [0.3, 0.4) is 0 Å². The van der Waals surface area contributed by atoms with E-state index < -0.39 is 23.8 Å². The van der Waals surface area contributed by atoms with E-state index in [9.17, 15) is 19.2 Å². The van der Waals surface area contributed by atoms with Gasteiger partial charge in [-0.15, -0.1) is 0 Å². The Labute approximate surface area is 224 Å². The standard InChI is InChI=1S/C28H24ClN3O6/c1-16-8-10-19(12-17(16)2)32-27(35)20(26(34)31-28(32)36)13-18-9-11-23(24(14-18)37-3)38-15-25(33)30-22-7-5-4-6-21(22)29/h4-14H,15H2,1-3H3,(H,30,33)(H,31,34,36)/b20-13-. The molecule has 0 radical (unpaired) electrons. The van der Waals surface area contributed by atoms with Gasteiger partial charge in [0.1, 0.15) is 5.57 Å². The highest BCUT2D eigenvalue weighted by atomic mass is 35.5. The average Bonchev–Trinajstić information content (AvgIpc) is 2.89. The minimum absolute atomic E-state index is 0.224.